The standard InChI is InChI=1S/C26H27N3O5/c1-2-28-23(31)21(22(27)29(25(28)33)16-18-10-5-3-6-11-18)20(30)17-34-24(32)26(14-9-15-26)19-12-7-4-8-13-19/h3-8,10-13H,2,9,14-17,27H2,1H3. The van der Waals surface area contributed by atoms with E-state index in [1.165, 1.54) is 4.57 Å². The summed E-state index contributed by atoms with van der Waals surface area (Å²) in [5.74, 6) is -1.46. The first-order valence-electron chi connectivity index (χ1n) is 11.3. The van der Waals surface area contributed by atoms with Gasteiger partial charge in [0, 0.05) is 6.54 Å². The zero-order chi connectivity index (χ0) is 24.3. The zero-order valence-electron chi connectivity index (χ0n) is 19.0. The topological polar surface area (TPSA) is 113 Å². The largest absolute Gasteiger partial charge is 0.457 e. The van der Waals surface area contributed by atoms with Crippen molar-refractivity contribution in [1.82, 2.24) is 9.13 Å². The van der Waals surface area contributed by atoms with Crippen molar-refractivity contribution < 1.29 is 14.3 Å². The number of aromatic nitrogens is 2. The summed E-state index contributed by atoms with van der Waals surface area (Å²) in [6, 6.07) is 18.5. The van der Waals surface area contributed by atoms with E-state index in [-0.39, 0.29) is 24.5 Å². The molecule has 0 spiro atoms. The Bertz CT molecular complexity index is 1320. The highest BCUT2D eigenvalue weighted by atomic mass is 16.5. The Balaban J connectivity index is 1.62. The molecule has 0 radical (unpaired) electrons. The van der Waals surface area contributed by atoms with Crippen molar-refractivity contribution in [2.24, 2.45) is 0 Å². The Morgan fingerprint density at radius 3 is 2.15 bits per heavy atom. The SMILES string of the molecule is CCn1c(=O)c(C(=O)COC(=O)C2(c3ccccc3)CCC2)c(N)n(Cc2ccccc2)c1=O. The first-order chi connectivity index (χ1) is 16.4. The van der Waals surface area contributed by atoms with Crippen molar-refractivity contribution in [2.45, 2.75) is 44.7 Å². The molecule has 2 aromatic carbocycles. The summed E-state index contributed by atoms with van der Waals surface area (Å²) in [5, 5.41) is 0. The van der Waals surface area contributed by atoms with E-state index in [4.69, 9.17) is 10.5 Å². The highest BCUT2D eigenvalue weighted by molar-refractivity contribution is 6.01. The molecule has 8 nitrogen and oxygen atoms in total. The first kappa shape index (κ1) is 23.2. The van der Waals surface area contributed by atoms with Crippen LogP contribution in [0.15, 0.2) is 70.3 Å². The van der Waals surface area contributed by atoms with Crippen molar-refractivity contribution >= 4 is 17.6 Å². The summed E-state index contributed by atoms with van der Waals surface area (Å²) in [7, 11) is 0. The van der Waals surface area contributed by atoms with Crippen LogP contribution in [0.25, 0.3) is 0 Å². The molecule has 0 unspecified atom stereocenters. The molecule has 1 aromatic heterocycles. The van der Waals surface area contributed by atoms with Gasteiger partial charge in [0.2, 0.25) is 5.78 Å². The molecule has 0 aliphatic heterocycles. The number of hydrogen-bond acceptors (Lipinski definition) is 6. The maximum atomic E-state index is 13.1. The minimum Gasteiger partial charge on any atom is -0.457 e. The van der Waals surface area contributed by atoms with Crippen molar-refractivity contribution in [1.29, 1.82) is 0 Å². The number of ether oxygens (including phenoxy) is 1. The van der Waals surface area contributed by atoms with E-state index < -0.39 is 35.0 Å². The van der Waals surface area contributed by atoms with E-state index in [1.807, 2.05) is 60.7 Å². The summed E-state index contributed by atoms with van der Waals surface area (Å²) in [6.45, 7) is 1.19. The van der Waals surface area contributed by atoms with Crippen LogP contribution in [0.1, 0.15) is 47.7 Å². The quantitative estimate of drug-likeness (QED) is 0.407. The van der Waals surface area contributed by atoms with Crippen LogP contribution < -0.4 is 17.0 Å². The monoisotopic (exact) mass is 461 g/mol. The average molecular weight is 462 g/mol. The molecule has 0 amide bonds. The van der Waals surface area contributed by atoms with E-state index in [9.17, 15) is 19.2 Å². The van der Waals surface area contributed by atoms with Gasteiger partial charge in [0.05, 0.1) is 12.0 Å². The van der Waals surface area contributed by atoms with Gasteiger partial charge in [0.25, 0.3) is 5.56 Å². The molecular formula is C26H27N3O5. The summed E-state index contributed by atoms with van der Waals surface area (Å²) in [5.41, 5.74) is 5.31. The molecular weight excluding hydrogens is 434 g/mol. The third-order valence-corrected chi connectivity index (χ3v) is 6.50. The minimum absolute atomic E-state index is 0.0733. The zero-order valence-corrected chi connectivity index (χ0v) is 19.0. The van der Waals surface area contributed by atoms with E-state index >= 15 is 0 Å². The van der Waals surface area contributed by atoms with Crippen molar-refractivity contribution in [3.63, 3.8) is 0 Å². The predicted octanol–water partition coefficient (Wildman–Crippen LogP) is 2.51. The Labute approximate surface area is 196 Å². The maximum Gasteiger partial charge on any atom is 0.332 e. The van der Waals surface area contributed by atoms with Crippen LogP contribution in [-0.4, -0.2) is 27.5 Å². The van der Waals surface area contributed by atoms with Crippen LogP contribution in [0, 0.1) is 0 Å². The number of esters is 1. The Kier molecular flexibility index (Phi) is 6.49. The molecule has 1 fully saturated rings. The second-order valence-electron chi connectivity index (χ2n) is 8.46. The molecule has 176 valence electrons. The fourth-order valence-corrected chi connectivity index (χ4v) is 4.41. The van der Waals surface area contributed by atoms with E-state index in [0.717, 1.165) is 22.1 Å². The van der Waals surface area contributed by atoms with Gasteiger partial charge in [-0.05, 0) is 30.9 Å². The van der Waals surface area contributed by atoms with Gasteiger partial charge in [-0.15, -0.1) is 0 Å². The number of nitrogen functional groups attached to an aromatic ring is 1. The van der Waals surface area contributed by atoms with Crippen LogP contribution in [0.5, 0.6) is 0 Å². The molecule has 1 aliphatic rings. The number of anilines is 1. The number of Topliss-reactive ketones (excluding diaryl/α,β-unsaturated/α-hetero) is 1. The van der Waals surface area contributed by atoms with Gasteiger partial charge in [0.15, 0.2) is 6.61 Å². The van der Waals surface area contributed by atoms with E-state index in [0.29, 0.717) is 12.8 Å². The van der Waals surface area contributed by atoms with E-state index in [2.05, 4.69) is 0 Å². The molecule has 0 saturated heterocycles. The number of nitrogens with two attached hydrogens (primary N) is 1. The smallest absolute Gasteiger partial charge is 0.332 e. The molecule has 1 saturated carbocycles. The normalized spacial score (nSPS) is 14.3. The van der Waals surface area contributed by atoms with Crippen LogP contribution >= 0.6 is 0 Å². The number of ketones is 1. The highest BCUT2D eigenvalue weighted by Crippen LogP contribution is 2.44. The van der Waals surface area contributed by atoms with Crippen molar-refractivity contribution in [2.75, 3.05) is 12.3 Å². The van der Waals surface area contributed by atoms with Crippen molar-refractivity contribution in [3.05, 3.63) is 98.2 Å². The Morgan fingerprint density at radius 1 is 0.971 bits per heavy atom. The van der Waals surface area contributed by atoms with Gasteiger partial charge < -0.3 is 10.5 Å². The molecule has 4 rings (SSSR count). The van der Waals surface area contributed by atoms with Gasteiger partial charge in [-0.1, -0.05) is 67.1 Å². The molecule has 34 heavy (non-hydrogen) atoms. The number of benzene rings is 2. The molecule has 1 aliphatic carbocycles. The van der Waals surface area contributed by atoms with Gasteiger partial charge in [-0.2, -0.15) is 0 Å². The number of nitrogens with zero attached hydrogens (tertiary/aromatic N) is 2. The van der Waals surface area contributed by atoms with Crippen molar-refractivity contribution in [3.8, 4) is 0 Å². The summed E-state index contributed by atoms with van der Waals surface area (Å²) >= 11 is 0. The average Bonchev–Trinajstić information content (AvgIpc) is 2.81. The lowest BCUT2D eigenvalue weighted by molar-refractivity contribution is -0.153. The molecule has 2 N–H and O–H groups in total. The minimum atomic E-state index is -0.781. The Morgan fingerprint density at radius 2 is 1.59 bits per heavy atom. The van der Waals surface area contributed by atoms with Crippen LogP contribution in [0.3, 0.4) is 0 Å². The van der Waals surface area contributed by atoms with Gasteiger partial charge in [0.1, 0.15) is 11.4 Å². The number of carbonyl (C=O) groups excluding carboxylic acids is 2. The summed E-state index contributed by atoms with van der Waals surface area (Å²) < 4.78 is 7.58. The molecule has 3 aromatic rings. The van der Waals surface area contributed by atoms with E-state index in [1.54, 1.807) is 6.92 Å². The second kappa shape index (κ2) is 9.51. The number of carbonyl (C=O) groups is 2. The van der Waals surface area contributed by atoms with Crippen LogP contribution in [0.4, 0.5) is 5.82 Å². The lowest BCUT2D eigenvalue weighted by Crippen LogP contribution is -2.46. The third-order valence-electron chi connectivity index (χ3n) is 6.50. The first-order valence-corrected chi connectivity index (χ1v) is 11.3. The summed E-state index contributed by atoms with van der Waals surface area (Å²) in [6.07, 6.45) is 2.16. The number of rotatable bonds is 8. The van der Waals surface area contributed by atoms with Gasteiger partial charge in [-0.25, -0.2) is 4.79 Å². The van der Waals surface area contributed by atoms with Gasteiger partial charge in [-0.3, -0.25) is 23.5 Å². The second-order valence-corrected chi connectivity index (χ2v) is 8.46. The number of hydrogen-bond donors (Lipinski definition) is 1. The highest BCUT2D eigenvalue weighted by Gasteiger charge is 2.47. The fraction of sp³-hybridized carbons (Fsp3) is 0.308. The lowest BCUT2D eigenvalue weighted by Gasteiger charge is -2.39. The summed E-state index contributed by atoms with van der Waals surface area (Å²) in [4.78, 5) is 51.9. The molecule has 8 heteroatoms. The molecule has 0 bridgehead atoms. The molecule has 0 atom stereocenters. The third kappa shape index (κ3) is 4.07. The molecule has 1 heterocycles. The van der Waals surface area contributed by atoms with Gasteiger partial charge >= 0.3 is 11.7 Å². The van der Waals surface area contributed by atoms with Crippen LogP contribution in [0.2, 0.25) is 0 Å². The Hall–Kier alpha value is -3.94. The lowest BCUT2D eigenvalue weighted by atomic mass is 9.64. The fourth-order valence-electron chi connectivity index (χ4n) is 4.41. The maximum absolute atomic E-state index is 13.1. The predicted molar refractivity (Wildman–Crippen MR) is 128 cm³/mol. The van der Waals surface area contributed by atoms with Crippen LogP contribution in [-0.2, 0) is 28.0 Å².